The summed E-state index contributed by atoms with van der Waals surface area (Å²) in [6.07, 6.45) is 0. The Morgan fingerprint density at radius 2 is 0.567 bits per heavy atom. The molecule has 0 aliphatic rings. The Morgan fingerprint density at radius 1 is 0.267 bits per heavy atom. The second-order valence-corrected chi connectivity index (χ2v) is 22.2. The Morgan fingerprint density at radius 3 is 0.900 bits per heavy atom. The predicted molar refractivity (Wildman–Crippen MR) is 348 cm³/mol. The number of aromatic nitrogens is 17. The van der Waals surface area contributed by atoms with Crippen molar-refractivity contribution in [1.29, 1.82) is 5.26 Å². The fraction of sp³-hybridized carbons (Fsp3) is 0.111. The van der Waals surface area contributed by atoms with Gasteiger partial charge in [-0.2, -0.15) is 5.26 Å². The van der Waals surface area contributed by atoms with Crippen LogP contribution in [-0.4, -0.2) is 83.9 Å². The fourth-order valence-electron chi connectivity index (χ4n) is 12.3. The van der Waals surface area contributed by atoms with Gasteiger partial charge in [0.05, 0.1) is 45.1 Å². The molecule has 7 aromatic heterocycles. The average molecular weight is 1170 g/mol. The molecule has 0 bridgehead atoms. The van der Waals surface area contributed by atoms with Crippen LogP contribution in [0.4, 0.5) is 0 Å². The number of fused-ring (bicyclic) bond motifs is 6. The zero-order valence-electron chi connectivity index (χ0n) is 50.2. The highest BCUT2D eigenvalue weighted by molar-refractivity contribution is 6.14. The number of nitrogens with zero attached hydrogens (tertiary/aromatic N) is 18. The van der Waals surface area contributed by atoms with E-state index in [2.05, 4.69) is 95.8 Å². The van der Waals surface area contributed by atoms with E-state index in [4.69, 9.17) is 54.8 Å². The zero-order valence-corrected chi connectivity index (χ0v) is 50.2. The van der Waals surface area contributed by atoms with Crippen LogP contribution in [0.2, 0.25) is 0 Å². The Labute approximate surface area is 516 Å². The molecule has 18 nitrogen and oxygen atoms in total. The van der Waals surface area contributed by atoms with Crippen LogP contribution in [0.1, 0.15) is 52.2 Å². The molecule has 0 saturated heterocycles. The Bertz CT molecular complexity index is 5140. The van der Waals surface area contributed by atoms with Crippen molar-refractivity contribution >= 4 is 43.6 Å². The SMILES string of the molecule is Cc1nc(C)nc(-c2ccc3c(c2)c2cc(-c4nc(C)nc(C)n4)ccc2n3-c2cccc(C#N)c2-c2c(-c3nc(-c4ccccc4)nc(-c4ccccc4)n3)cccc2-n2c3ccc(-c4nc(C)nc(C)n4)cc3c3cc(-c4nc(C)nc(C)n4)ccc32)n1. The normalized spacial score (nSPS) is 11.5. The predicted octanol–water partition coefficient (Wildman–Crippen LogP) is 14.5. The molecule has 8 aromatic carbocycles. The number of rotatable bonds is 10. The maximum absolute atomic E-state index is 11.8. The van der Waals surface area contributed by atoms with E-state index in [-0.39, 0.29) is 0 Å². The van der Waals surface area contributed by atoms with Crippen LogP contribution in [-0.2, 0) is 0 Å². The van der Waals surface area contributed by atoms with Gasteiger partial charge in [-0.25, -0.2) is 74.8 Å². The van der Waals surface area contributed by atoms with Gasteiger partial charge in [0.2, 0.25) is 0 Å². The summed E-state index contributed by atoms with van der Waals surface area (Å²) in [7, 11) is 0. The van der Waals surface area contributed by atoms with E-state index in [0.717, 1.165) is 82.7 Å². The number of benzene rings is 8. The van der Waals surface area contributed by atoms with Crippen LogP contribution in [0.5, 0.6) is 0 Å². The van der Waals surface area contributed by atoms with Gasteiger partial charge in [-0.05, 0) is 146 Å². The molecule has 0 amide bonds. The summed E-state index contributed by atoms with van der Waals surface area (Å²) in [4.78, 5) is 72.5. The summed E-state index contributed by atoms with van der Waals surface area (Å²) < 4.78 is 4.50. The van der Waals surface area contributed by atoms with E-state index < -0.39 is 0 Å². The molecule has 0 aliphatic heterocycles. The first kappa shape index (κ1) is 54.5. The molecule has 0 N–H and O–H groups in total. The minimum atomic E-state index is 0.395. The summed E-state index contributed by atoms with van der Waals surface area (Å²) in [5.41, 5.74) is 12.1. The van der Waals surface area contributed by atoms with Crippen LogP contribution < -0.4 is 0 Å². The maximum Gasteiger partial charge on any atom is 0.164 e. The van der Waals surface area contributed by atoms with E-state index in [9.17, 15) is 5.26 Å². The summed E-state index contributed by atoms with van der Waals surface area (Å²) in [5, 5.41) is 15.5. The van der Waals surface area contributed by atoms with Gasteiger partial charge >= 0.3 is 0 Å². The second kappa shape index (κ2) is 21.7. The third-order valence-corrected chi connectivity index (χ3v) is 15.9. The summed E-state index contributed by atoms with van der Waals surface area (Å²) in [6, 6.07) is 59.7. The second-order valence-electron chi connectivity index (χ2n) is 22.2. The van der Waals surface area contributed by atoms with Gasteiger partial charge in [-0.1, -0.05) is 78.9 Å². The average Bonchev–Trinajstić information content (AvgIpc) is 1.51. The summed E-state index contributed by atoms with van der Waals surface area (Å²) >= 11 is 0. The van der Waals surface area contributed by atoms with Crippen LogP contribution in [0.15, 0.2) is 170 Å². The van der Waals surface area contributed by atoms with Crippen LogP contribution >= 0.6 is 0 Å². The molecule has 7 heterocycles. The van der Waals surface area contributed by atoms with Gasteiger partial charge in [0, 0.05) is 71.6 Å². The zero-order chi connectivity index (χ0) is 61.5. The minimum Gasteiger partial charge on any atom is -0.309 e. The quantitative estimate of drug-likeness (QED) is 0.124. The van der Waals surface area contributed by atoms with Crippen LogP contribution in [0.25, 0.3) is 146 Å². The van der Waals surface area contributed by atoms with E-state index in [1.165, 1.54) is 0 Å². The maximum atomic E-state index is 11.8. The highest BCUT2D eigenvalue weighted by atomic mass is 15.1. The van der Waals surface area contributed by atoms with Gasteiger partial charge < -0.3 is 9.13 Å². The van der Waals surface area contributed by atoms with Crippen molar-refractivity contribution in [2.75, 3.05) is 0 Å². The number of aryl methyl sites for hydroxylation is 8. The number of hydrogen-bond donors (Lipinski definition) is 0. The molecule has 0 saturated carbocycles. The lowest BCUT2D eigenvalue weighted by molar-refractivity contribution is 0.928. The van der Waals surface area contributed by atoms with Crippen molar-refractivity contribution in [2.45, 2.75) is 55.4 Å². The van der Waals surface area contributed by atoms with Crippen molar-refractivity contribution < 1.29 is 0 Å². The molecular formula is C72H52N18. The first-order chi connectivity index (χ1) is 43.8. The summed E-state index contributed by atoms with van der Waals surface area (Å²) in [5.74, 6) is 8.50. The smallest absolute Gasteiger partial charge is 0.164 e. The highest BCUT2D eigenvalue weighted by Gasteiger charge is 2.28. The molecule has 0 atom stereocenters. The lowest BCUT2D eigenvalue weighted by atomic mass is 9.91. The molecule has 15 rings (SSSR count). The molecule has 0 aliphatic carbocycles. The van der Waals surface area contributed by atoms with Gasteiger partial charge in [0.15, 0.2) is 40.8 Å². The van der Waals surface area contributed by atoms with Gasteiger partial charge in [0.1, 0.15) is 46.6 Å². The summed E-state index contributed by atoms with van der Waals surface area (Å²) in [6.45, 7) is 15.0. The standard InChI is InChI=1S/C72H52N18/c1-38-74-39(2)79-68(78-38)48-25-29-58-54(33-48)55-34-49(69-80-40(3)75-41(4)81-69)26-30-59(55)89(58)62-23-15-21-52(37-73)64(62)65-53(72-87-66(46-17-11-9-12-18-46)86-67(88-72)47-19-13-10-14-20-47)22-16-24-63(65)90-60-31-27-50(70-82-42(5)76-43(6)83-70)35-56(60)57-36-51(28-32-61(57)90)71-84-44(7)77-45(8)85-71/h9-36H,1-8H3. The lowest BCUT2D eigenvalue weighted by Gasteiger charge is -2.22. The van der Waals surface area contributed by atoms with Crippen molar-refractivity contribution in [3.8, 4) is 108 Å². The van der Waals surface area contributed by atoms with E-state index >= 15 is 0 Å². The lowest BCUT2D eigenvalue weighted by Crippen LogP contribution is -2.07. The topological polar surface area (TPSA) is 227 Å². The third kappa shape index (κ3) is 9.66. The van der Waals surface area contributed by atoms with Gasteiger partial charge in [-0.15, -0.1) is 0 Å². The molecular weight excluding hydrogens is 1120 g/mol. The first-order valence-electron chi connectivity index (χ1n) is 29.3. The molecule has 0 fully saturated rings. The van der Waals surface area contributed by atoms with Gasteiger partial charge in [-0.3, -0.25) is 0 Å². The van der Waals surface area contributed by atoms with Crippen LogP contribution in [0, 0.1) is 66.7 Å². The minimum absolute atomic E-state index is 0.395. The Balaban J connectivity index is 1.07. The third-order valence-electron chi connectivity index (χ3n) is 15.9. The Hall–Kier alpha value is -12.1. The molecule has 0 radical (unpaired) electrons. The first-order valence-corrected chi connectivity index (χ1v) is 29.3. The molecule has 430 valence electrons. The Kier molecular flexibility index (Phi) is 13.1. The van der Waals surface area contributed by atoms with Gasteiger partial charge in [0.25, 0.3) is 0 Å². The van der Waals surface area contributed by atoms with E-state index in [1.807, 2.05) is 165 Å². The number of nitriles is 1. The van der Waals surface area contributed by atoms with Crippen LogP contribution in [0.3, 0.4) is 0 Å². The monoisotopic (exact) mass is 1170 g/mol. The number of hydrogen-bond acceptors (Lipinski definition) is 16. The van der Waals surface area contributed by atoms with E-state index in [0.29, 0.717) is 115 Å². The van der Waals surface area contributed by atoms with Crippen molar-refractivity contribution in [3.05, 3.63) is 222 Å². The molecule has 0 spiro atoms. The van der Waals surface area contributed by atoms with Crippen molar-refractivity contribution in [1.82, 2.24) is 83.9 Å². The highest BCUT2D eigenvalue weighted by Crippen LogP contribution is 2.47. The fourth-order valence-corrected chi connectivity index (χ4v) is 12.3. The molecule has 18 heteroatoms. The largest absolute Gasteiger partial charge is 0.309 e. The molecule has 15 aromatic rings. The van der Waals surface area contributed by atoms with Crippen molar-refractivity contribution in [2.24, 2.45) is 0 Å². The van der Waals surface area contributed by atoms with Crippen molar-refractivity contribution in [3.63, 3.8) is 0 Å². The molecule has 90 heavy (non-hydrogen) atoms. The van der Waals surface area contributed by atoms with E-state index in [1.54, 1.807) is 0 Å². The molecule has 0 unspecified atom stereocenters.